The van der Waals surface area contributed by atoms with Crippen LogP contribution in [0.25, 0.3) is 0 Å². The van der Waals surface area contributed by atoms with Crippen LogP contribution in [-0.4, -0.2) is 32.2 Å². The molecule has 0 amide bonds. The standard InChI is InChI=1S/C11H12N2O2/c1-2-15-11-4-10-8(5-12-7-13-10)3-9(11)6-14-1/h3-5,7,10H,1-2,6H2,(H,12,13). The van der Waals surface area contributed by atoms with Gasteiger partial charge in [0, 0.05) is 11.8 Å². The second-order valence-corrected chi connectivity index (χ2v) is 3.64. The Kier molecular flexibility index (Phi) is 2.07. The maximum Gasteiger partial charge on any atom is 0.123 e. The minimum Gasteiger partial charge on any atom is -0.491 e. The van der Waals surface area contributed by atoms with Crippen LogP contribution >= 0.6 is 0 Å². The van der Waals surface area contributed by atoms with Crippen LogP contribution < -0.4 is 5.32 Å². The highest BCUT2D eigenvalue weighted by Crippen LogP contribution is 2.27. The summed E-state index contributed by atoms with van der Waals surface area (Å²) in [5.74, 6) is 0.925. The summed E-state index contributed by atoms with van der Waals surface area (Å²) in [5.41, 5.74) is 2.26. The lowest BCUT2D eigenvalue weighted by Crippen LogP contribution is -2.21. The van der Waals surface area contributed by atoms with E-state index in [0.29, 0.717) is 19.8 Å². The number of ether oxygens (including phenoxy) is 2. The van der Waals surface area contributed by atoms with Crippen LogP contribution in [0.1, 0.15) is 0 Å². The van der Waals surface area contributed by atoms with E-state index in [0.717, 1.165) is 16.9 Å². The number of hydrogen-bond donors (Lipinski definition) is 1. The smallest absolute Gasteiger partial charge is 0.123 e. The molecular weight excluding hydrogens is 192 g/mol. The van der Waals surface area contributed by atoms with Gasteiger partial charge in [-0.3, -0.25) is 4.99 Å². The van der Waals surface area contributed by atoms with Crippen molar-refractivity contribution in [2.75, 3.05) is 19.8 Å². The Morgan fingerprint density at radius 3 is 3.40 bits per heavy atom. The zero-order valence-corrected chi connectivity index (χ0v) is 8.27. The maximum atomic E-state index is 5.60. The summed E-state index contributed by atoms with van der Waals surface area (Å²) in [6.07, 6.45) is 7.81. The summed E-state index contributed by atoms with van der Waals surface area (Å²) in [4.78, 5) is 4.33. The second-order valence-electron chi connectivity index (χ2n) is 3.64. The van der Waals surface area contributed by atoms with Gasteiger partial charge in [-0.05, 0) is 17.7 Å². The van der Waals surface area contributed by atoms with Crippen molar-refractivity contribution in [2.45, 2.75) is 6.04 Å². The second kappa shape index (κ2) is 3.55. The largest absolute Gasteiger partial charge is 0.491 e. The monoisotopic (exact) mass is 204 g/mol. The Hall–Kier alpha value is -1.55. The minimum atomic E-state index is 0.100. The normalized spacial score (nSPS) is 28.3. The first-order valence-corrected chi connectivity index (χ1v) is 5.04. The zero-order chi connectivity index (χ0) is 10.1. The molecule has 0 bridgehead atoms. The Balaban J connectivity index is 1.96. The quantitative estimate of drug-likeness (QED) is 0.633. The first kappa shape index (κ1) is 8.73. The third-order valence-corrected chi connectivity index (χ3v) is 2.61. The van der Waals surface area contributed by atoms with E-state index in [2.05, 4.69) is 16.4 Å². The number of hydrogen-bond acceptors (Lipinski definition) is 4. The van der Waals surface area contributed by atoms with Crippen LogP contribution in [0.2, 0.25) is 0 Å². The molecule has 4 nitrogen and oxygen atoms in total. The number of nitrogens with one attached hydrogen (secondary N) is 1. The van der Waals surface area contributed by atoms with Gasteiger partial charge in [0.25, 0.3) is 0 Å². The highest BCUT2D eigenvalue weighted by Gasteiger charge is 2.22. The lowest BCUT2D eigenvalue weighted by atomic mass is 9.96. The fraction of sp³-hybridized carbons (Fsp3) is 0.364. The molecule has 1 unspecified atom stereocenters. The predicted octanol–water partition coefficient (Wildman–Crippen LogP) is 0.741. The molecule has 0 spiro atoms. The number of fused-ring (bicyclic) bond motifs is 2. The summed E-state index contributed by atoms with van der Waals surface area (Å²) >= 11 is 0. The van der Waals surface area contributed by atoms with Crippen LogP contribution in [0.3, 0.4) is 0 Å². The summed E-state index contributed by atoms with van der Waals surface area (Å²) in [5, 5.41) is 2.99. The van der Waals surface area contributed by atoms with Crippen LogP contribution in [0.15, 0.2) is 40.2 Å². The van der Waals surface area contributed by atoms with E-state index in [4.69, 9.17) is 9.47 Å². The molecule has 0 aromatic carbocycles. The third kappa shape index (κ3) is 1.57. The van der Waals surface area contributed by atoms with Crippen molar-refractivity contribution in [3.63, 3.8) is 0 Å². The fourth-order valence-corrected chi connectivity index (χ4v) is 1.86. The van der Waals surface area contributed by atoms with Gasteiger partial charge in [0.2, 0.25) is 0 Å². The molecule has 15 heavy (non-hydrogen) atoms. The first-order valence-electron chi connectivity index (χ1n) is 5.04. The Bertz CT molecular complexity index is 393. The van der Waals surface area contributed by atoms with Crippen molar-refractivity contribution in [3.05, 3.63) is 35.3 Å². The lowest BCUT2D eigenvalue weighted by Gasteiger charge is -2.21. The van der Waals surface area contributed by atoms with E-state index < -0.39 is 0 Å². The summed E-state index contributed by atoms with van der Waals surface area (Å²) in [6, 6.07) is 0.100. The van der Waals surface area contributed by atoms with Crippen LogP contribution in [0.5, 0.6) is 0 Å². The van der Waals surface area contributed by atoms with Crippen LogP contribution in [-0.2, 0) is 9.47 Å². The molecule has 4 heteroatoms. The van der Waals surface area contributed by atoms with Gasteiger partial charge in [-0.1, -0.05) is 0 Å². The molecular formula is C11H12N2O2. The SMILES string of the molecule is C1=NC2C=C3OCCOCC3=CC2=CN1. The van der Waals surface area contributed by atoms with Crippen molar-refractivity contribution in [1.29, 1.82) is 0 Å². The molecule has 0 aromatic rings. The molecule has 78 valence electrons. The van der Waals surface area contributed by atoms with Gasteiger partial charge in [0.05, 0.1) is 25.6 Å². The fourth-order valence-electron chi connectivity index (χ4n) is 1.86. The third-order valence-electron chi connectivity index (χ3n) is 2.61. The average molecular weight is 204 g/mol. The summed E-state index contributed by atoms with van der Waals surface area (Å²) < 4.78 is 11.0. The molecule has 3 aliphatic rings. The van der Waals surface area contributed by atoms with E-state index in [1.54, 1.807) is 6.34 Å². The number of rotatable bonds is 0. The summed E-state index contributed by atoms with van der Waals surface area (Å²) in [7, 11) is 0. The topological polar surface area (TPSA) is 42.9 Å². The molecule has 1 aliphatic carbocycles. The minimum absolute atomic E-state index is 0.100. The maximum absolute atomic E-state index is 5.60. The van der Waals surface area contributed by atoms with Crippen molar-refractivity contribution in [3.8, 4) is 0 Å². The molecule has 2 heterocycles. The Morgan fingerprint density at radius 2 is 2.40 bits per heavy atom. The molecule has 3 rings (SSSR count). The predicted molar refractivity (Wildman–Crippen MR) is 56.4 cm³/mol. The van der Waals surface area contributed by atoms with E-state index in [1.807, 2.05) is 12.3 Å². The Morgan fingerprint density at radius 1 is 1.40 bits per heavy atom. The van der Waals surface area contributed by atoms with Crippen molar-refractivity contribution in [1.82, 2.24) is 5.32 Å². The molecule has 1 saturated heterocycles. The van der Waals surface area contributed by atoms with Gasteiger partial charge in [0.15, 0.2) is 0 Å². The van der Waals surface area contributed by atoms with E-state index in [9.17, 15) is 0 Å². The first-order chi connectivity index (χ1) is 7.43. The number of aliphatic imine (C=N–C) groups is 1. The van der Waals surface area contributed by atoms with Gasteiger partial charge in [-0.2, -0.15) is 0 Å². The van der Waals surface area contributed by atoms with E-state index >= 15 is 0 Å². The molecule has 0 saturated carbocycles. The van der Waals surface area contributed by atoms with Crippen LogP contribution in [0, 0.1) is 0 Å². The zero-order valence-electron chi connectivity index (χ0n) is 8.27. The average Bonchev–Trinajstić information content (AvgIpc) is 2.50. The highest BCUT2D eigenvalue weighted by molar-refractivity contribution is 5.62. The van der Waals surface area contributed by atoms with Gasteiger partial charge >= 0.3 is 0 Å². The van der Waals surface area contributed by atoms with E-state index in [1.165, 1.54) is 0 Å². The Labute approximate surface area is 88.0 Å². The van der Waals surface area contributed by atoms with Gasteiger partial charge in [-0.25, -0.2) is 0 Å². The molecule has 1 atom stereocenters. The molecule has 1 N–H and O–H groups in total. The highest BCUT2D eigenvalue weighted by atomic mass is 16.5. The van der Waals surface area contributed by atoms with Gasteiger partial charge in [0.1, 0.15) is 12.4 Å². The molecule has 1 fully saturated rings. The van der Waals surface area contributed by atoms with Crippen molar-refractivity contribution < 1.29 is 9.47 Å². The lowest BCUT2D eigenvalue weighted by molar-refractivity contribution is 0.120. The number of nitrogens with zero attached hydrogens (tertiary/aromatic N) is 1. The molecule has 0 aromatic heterocycles. The molecule has 0 radical (unpaired) electrons. The van der Waals surface area contributed by atoms with Crippen molar-refractivity contribution in [2.24, 2.45) is 4.99 Å². The summed E-state index contributed by atoms with van der Waals surface area (Å²) in [6.45, 7) is 1.90. The van der Waals surface area contributed by atoms with E-state index in [-0.39, 0.29) is 6.04 Å². The molecule has 2 aliphatic heterocycles. The van der Waals surface area contributed by atoms with Gasteiger partial charge in [-0.15, -0.1) is 0 Å². The van der Waals surface area contributed by atoms with Crippen molar-refractivity contribution >= 4 is 6.34 Å². The van der Waals surface area contributed by atoms with Gasteiger partial charge < -0.3 is 14.8 Å². The van der Waals surface area contributed by atoms with Crippen LogP contribution in [0.4, 0.5) is 0 Å².